The van der Waals surface area contributed by atoms with E-state index in [1.165, 1.54) is 5.56 Å². The highest BCUT2D eigenvalue weighted by atomic mass is 14.2. The SMILES string of the molecule is N#Cc1[c]ccc(Cc2ccccc2)c1. The Morgan fingerprint density at radius 1 is 1.07 bits per heavy atom. The molecule has 1 nitrogen and oxygen atoms in total. The molecule has 0 fully saturated rings. The summed E-state index contributed by atoms with van der Waals surface area (Å²) in [6.45, 7) is 0. The summed E-state index contributed by atoms with van der Waals surface area (Å²) < 4.78 is 0. The van der Waals surface area contributed by atoms with Crippen molar-refractivity contribution in [2.45, 2.75) is 6.42 Å². The fourth-order valence-electron chi connectivity index (χ4n) is 1.52. The lowest BCUT2D eigenvalue weighted by Crippen LogP contribution is -1.88. The second kappa shape index (κ2) is 4.43. The maximum atomic E-state index is 8.75. The summed E-state index contributed by atoms with van der Waals surface area (Å²) in [6, 6.07) is 20.9. The molecule has 0 aromatic heterocycles. The summed E-state index contributed by atoms with van der Waals surface area (Å²) in [7, 11) is 0. The van der Waals surface area contributed by atoms with Crippen LogP contribution in [-0.2, 0) is 6.42 Å². The first kappa shape index (κ1) is 9.48. The lowest BCUT2D eigenvalue weighted by Gasteiger charge is -2.01. The summed E-state index contributed by atoms with van der Waals surface area (Å²) in [6.07, 6.45) is 0.865. The van der Waals surface area contributed by atoms with Gasteiger partial charge in [0.15, 0.2) is 0 Å². The number of nitriles is 1. The Morgan fingerprint density at radius 3 is 2.60 bits per heavy atom. The van der Waals surface area contributed by atoms with Crippen LogP contribution in [0.1, 0.15) is 16.7 Å². The lowest BCUT2D eigenvalue weighted by atomic mass is 10.0. The van der Waals surface area contributed by atoms with E-state index in [0.29, 0.717) is 5.56 Å². The van der Waals surface area contributed by atoms with Crippen LogP contribution in [0.5, 0.6) is 0 Å². The van der Waals surface area contributed by atoms with Crippen LogP contribution in [0.25, 0.3) is 0 Å². The predicted molar refractivity (Wildman–Crippen MR) is 59.2 cm³/mol. The molecule has 0 saturated heterocycles. The maximum Gasteiger partial charge on any atom is 0.0998 e. The van der Waals surface area contributed by atoms with E-state index in [4.69, 9.17) is 5.26 Å². The average molecular weight is 192 g/mol. The maximum absolute atomic E-state index is 8.75. The molecule has 2 rings (SSSR count). The van der Waals surface area contributed by atoms with Gasteiger partial charge in [0, 0.05) is 6.07 Å². The highest BCUT2D eigenvalue weighted by Gasteiger charge is 1.97. The van der Waals surface area contributed by atoms with Crippen LogP contribution < -0.4 is 0 Å². The molecule has 1 radical (unpaired) electrons. The number of hydrogen-bond donors (Lipinski definition) is 0. The van der Waals surface area contributed by atoms with Gasteiger partial charge in [-0.2, -0.15) is 5.26 Å². The van der Waals surface area contributed by atoms with E-state index in [1.54, 1.807) is 6.07 Å². The number of rotatable bonds is 2. The molecule has 0 spiro atoms. The van der Waals surface area contributed by atoms with E-state index in [1.807, 2.05) is 30.3 Å². The fraction of sp³-hybridized carbons (Fsp3) is 0.0714. The van der Waals surface area contributed by atoms with Gasteiger partial charge in [-0.15, -0.1) is 0 Å². The third-order valence-electron chi connectivity index (χ3n) is 2.24. The van der Waals surface area contributed by atoms with Crippen LogP contribution >= 0.6 is 0 Å². The molecule has 0 unspecified atom stereocenters. The second-order valence-electron chi connectivity index (χ2n) is 3.38. The molecule has 2 aromatic carbocycles. The van der Waals surface area contributed by atoms with Crippen molar-refractivity contribution in [3.05, 3.63) is 71.3 Å². The molecule has 0 heterocycles. The molecule has 2 aromatic rings. The third-order valence-corrected chi connectivity index (χ3v) is 2.24. The monoisotopic (exact) mass is 192 g/mol. The van der Waals surface area contributed by atoms with Gasteiger partial charge >= 0.3 is 0 Å². The van der Waals surface area contributed by atoms with Gasteiger partial charge in [-0.3, -0.25) is 0 Å². The van der Waals surface area contributed by atoms with E-state index in [2.05, 4.69) is 24.3 Å². The van der Waals surface area contributed by atoms with Gasteiger partial charge in [0.2, 0.25) is 0 Å². The molecular formula is C14H10N. The van der Waals surface area contributed by atoms with Crippen LogP contribution in [0.3, 0.4) is 0 Å². The van der Waals surface area contributed by atoms with Gasteiger partial charge in [0.05, 0.1) is 11.6 Å². The van der Waals surface area contributed by atoms with Crippen molar-refractivity contribution in [1.82, 2.24) is 0 Å². The third kappa shape index (κ3) is 2.45. The molecule has 0 aliphatic carbocycles. The Morgan fingerprint density at radius 2 is 1.87 bits per heavy atom. The Hall–Kier alpha value is -2.07. The number of benzene rings is 2. The first-order valence-electron chi connectivity index (χ1n) is 4.83. The van der Waals surface area contributed by atoms with E-state index < -0.39 is 0 Å². The van der Waals surface area contributed by atoms with Crippen LogP contribution in [-0.4, -0.2) is 0 Å². The van der Waals surface area contributed by atoms with Gasteiger partial charge in [-0.05, 0) is 23.6 Å². The molecule has 71 valence electrons. The topological polar surface area (TPSA) is 23.8 Å². The van der Waals surface area contributed by atoms with E-state index in [0.717, 1.165) is 12.0 Å². The minimum absolute atomic E-state index is 0.600. The summed E-state index contributed by atoms with van der Waals surface area (Å²) in [5, 5.41) is 8.75. The van der Waals surface area contributed by atoms with Crippen molar-refractivity contribution < 1.29 is 0 Å². The summed E-state index contributed by atoms with van der Waals surface area (Å²) in [5.74, 6) is 0. The zero-order chi connectivity index (χ0) is 10.5. The van der Waals surface area contributed by atoms with Crippen molar-refractivity contribution in [2.75, 3.05) is 0 Å². The molecule has 0 atom stereocenters. The lowest BCUT2D eigenvalue weighted by molar-refractivity contribution is 1.19. The zero-order valence-corrected chi connectivity index (χ0v) is 8.27. The van der Waals surface area contributed by atoms with Crippen molar-refractivity contribution in [1.29, 1.82) is 5.26 Å². The van der Waals surface area contributed by atoms with Gasteiger partial charge in [0.1, 0.15) is 0 Å². The normalized spacial score (nSPS) is 9.53. The van der Waals surface area contributed by atoms with Crippen LogP contribution in [0, 0.1) is 17.4 Å². The molecule has 1 heteroatoms. The van der Waals surface area contributed by atoms with Gasteiger partial charge in [-0.25, -0.2) is 0 Å². The minimum atomic E-state index is 0.600. The fourth-order valence-corrected chi connectivity index (χ4v) is 1.52. The first-order valence-corrected chi connectivity index (χ1v) is 4.83. The van der Waals surface area contributed by atoms with Gasteiger partial charge < -0.3 is 0 Å². The van der Waals surface area contributed by atoms with E-state index in [9.17, 15) is 0 Å². The quantitative estimate of drug-likeness (QED) is 0.717. The Balaban J connectivity index is 2.22. The Labute approximate surface area is 89.6 Å². The molecule has 15 heavy (non-hydrogen) atoms. The smallest absolute Gasteiger partial charge is 0.0998 e. The predicted octanol–water partition coefficient (Wildman–Crippen LogP) is 2.95. The Kier molecular flexibility index (Phi) is 2.80. The second-order valence-corrected chi connectivity index (χ2v) is 3.38. The van der Waals surface area contributed by atoms with Crippen LogP contribution in [0.4, 0.5) is 0 Å². The van der Waals surface area contributed by atoms with Crippen molar-refractivity contribution in [2.24, 2.45) is 0 Å². The summed E-state index contributed by atoms with van der Waals surface area (Å²) in [5.41, 5.74) is 3.01. The molecular weight excluding hydrogens is 182 g/mol. The zero-order valence-electron chi connectivity index (χ0n) is 8.27. The van der Waals surface area contributed by atoms with Crippen molar-refractivity contribution >= 4 is 0 Å². The molecule has 0 bridgehead atoms. The highest BCUT2D eigenvalue weighted by molar-refractivity contribution is 5.34. The molecule has 0 aliphatic heterocycles. The van der Waals surface area contributed by atoms with E-state index in [-0.39, 0.29) is 0 Å². The van der Waals surface area contributed by atoms with Crippen molar-refractivity contribution in [3.63, 3.8) is 0 Å². The van der Waals surface area contributed by atoms with Gasteiger partial charge in [0.25, 0.3) is 0 Å². The first-order chi connectivity index (χ1) is 7.38. The molecule has 0 N–H and O–H groups in total. The summed E-state index contributed by atoms with van der Waals surface area (Å²) in [4.78, 5) is 0. The van der Waals surface area contributed by atoms with Crippen LogP contribution in [0.15, 0.2) is 48.5 Å². The Bertz CT molecular complexity index is 480. The molecule has 0 amide bonds. The number of hydrogen-bond acceptors (Lipinski definition) is 1. The van der Waals surface area contributed by atoms with Crippen molar-refractivity contribution in [3.8, 4) is 6.07 Å². The standard InChI is InChI=1S/C14H10N/c15-11-14-8-4-7-13(10-14)9-12-5-2-1-3-6-12/h1-7,10H,9H2. The van der Waals surface area contributed by atoms with Crippen LogP contribution in [0.2, 0.25) is 0 Å². The molecule has 0 saturated carbocycles. The summed E-state index contributed by atoms with van der Waals surface area (Å²) >= 11 is 0. The highest BCUT2D eigenvalue weighted by Crippen LogP contribution is 2.10. The van der Waals surface area contributed by atoms with Gasteiger partial charge in [-0.1, -0.05) is 42.5 Å². The minimum Gasteiger partial charge on any atom is -0.192 e. The largest absolute Gasteiger partial charge is 0.192 e. The number of nitrogens with zero attached hydrogens (tertiary/aromatic N) is 1. The van der Waals surface area contributed by atoms with E-state index >= 15 is 0 Å². The average Bonchev–Trinajstić information content (AvgIpc) is 2.31. The molecule has 0 aliphatic rings.